The van der Waals surface area contributed by atoms with E-state index >= 15 is 0 Å². The minimum atomic E-state index is -0.872. The first kappa shape index (κ1) is 18.6. The van der Waals surface area contributed by atoms with Crippen molar-refractivity contribution in [2.45, 2.75) is 19.4 Å². The summed E-state index contributed by atoms with van der Waals surface area (Å²) in [5, 5.41) is 4.95. The third-order valence-electron chi connectivity index (χ3n) is 4.10. The van der Waals surface area contributed by atoms with E-state index in [1.54, 1.807) is 29.2 Å². The van der Waals surface area contributed by atoms with Gasteiger partial charge in [-0.2, -0.15) is 0 Å². The number of hydrogen-bond acceptors (Lipinski definition) is 3. The van der Waals surface area contributed by atoms with Crippen LogP contribution >= 0.6 is 0 Å². The fourth-order valence-corrected chi connectivity index (χ4v) is 2.88. The largest absolute Gasteiger partial charge is 0.494 e. The summed E-state index contributed by atoms with van der Waals surface area (Å²) in [5.41, 5.74) is 0.569. The first-order valence-corrected chi connectivity index (χ1v) is 8.52. The number of urea groups is 1. The predicted octanol–water partition coefficient (Wildman–Crippen LogP) is 3.29. The maximum absolute atomic E-state index is 13.6. The molecule has 0 spiro atoms. The summed E-state index contributed by atoms with van der Waals surface area (Å²) in [5.74, 6) is -1.02. The van der Waals surface area contributed by atoms with Gasteiger partial charge >= 0.3 is 6.03 Å². The van der Waals surface area contributed by atoms with Crippen LogP contribution in [0.2, 0.25) is 0 Å². The van der Waals surface area contributed by atoms with Crippen molar-refractivity contribution in [2.24, 2.45) is 0 Å². The quantitative estimate of drug-likeness (QED) is 0.843. The van der Waals surface area contributed by atoms with E-state index in [0.29, 0.717) is 30.7 Å². The molecule has 1 fully saturated rings. The molecule has 3 amide bonds. The lowest BCUT2D eigenvalue weighted by atomic mass is 10.2. The van der Waals surface area contributed by atoms with E-state index in [1.165, 1.54) is 0 Å². The molecule has 27 heavy (non-hydrogen) atoms. The molecule has 6 nitrogen and oxygen atoms in total. The molecule has 0 unspecified atom stereocenters. The highest BCUT2D eigenvalue weighted by Gasteiger charge is 2.31. The van der Waals surface area contributed by atoms with Crippen molar-refractivity contribution >= 4 is 23.3 Å². The first-order chi connectivity index (χ1) is 13.0. The molecule has 0 bridgehead atoms. The van der Waals surface area contributed by atoms with Crippen LogP contribution in [0.3, 0.4) is 0 Å². The molecule has 8 heteroatoms. The van der Waals surface area contributed by atoms with E-state index in [-0.39, 0.29) is 18.0 Å². The van der Waals surface area contributed by atoms with Crippen LogP contribution < -0.4 is 20.3 Å². The highest BCUT2D eigenvalue weighted by atomic mass is 19.1. The molecule has 1 atom stereocenters. The minimum absolute atomic E-state index is 0.127. The van der Waals surface area contributed by atoms with Crippen molar-refractivity contribution in [2.75, 3.05) is 23.4 Å². The van der Waals surface area contributed by atoms with Gasteiger partial charge in [0.25, 0.3) is 0 Å². The molecule has 0 aliphatic carbocycles. The molecular weight excluding hydrogens is 356 g/mol. The van der Waals surface area contributed by atoms with Gasteiger partial charge in [-0.15, -0.1) is 0 Å². The fourth-order valence-electron chi connectivity index (χ4n) is 2.88. The zero-order chi connectivity index (χ0) is 19.4. The Labute approximate surface area is 155 Å². The lowest BCUT2D eigenvalue weighted by Crippen LogP contribution is -2.39. The van der Waals surface area contributed by atoms with Crippen LogP contribution in [-0.4, -0.2) is 31.1 Å². The summed E-state index contributed by atoms with van der Waals surface area (Å²) in [6.07, 6.45) is 0.131. The summed E-state index contributed by atoms with van der Waals surface area (Å²) >= 11 is 0. The number of carbonyl (C=O) groups excluding carboxylic acids is 2. The monoisotopic (exact) mass is 375 g/mol. The van der Waals surface area contributed by atoms with Gasteiger partial charge in [0, 0.05) is 24.7 Å². The van der Waals surface area contributed by atoms with Gasteiger partial charge in [0.15, 0.2) is 0 Å². The second-order valence-corrected chi connectivity index (χ2v) is 6.05. The summed E-state index contributed by atoms with van der Waals surface area (Å²) in [6, 6.07) is 8.88. The Morgan fingerprint density at radius 1 is 1.22 bits per heavy atom. The van der Waals surface area contributed by atoms with Crippen LogP contribution in [0.15, 0.2) is 42.5 Å². The van der Waals surface area contributed by atoms with Gasteiger partial charge in [-0.05, 0) is 43.3 Å². The van der Waals surface area contributed by atoms with E-state index in [1.807, 2.05) is 6.92 Å². The number of amides is 3. The Morgan fingerprint density at radius 3 is 2.63 bits per heavy atom. The number of ether oxygens (including phenoxy) is 1. The smallest absolute Gasteiger partial charge is 0.319 e. The predicted molar refractivity (Wildman–Crippen MR) is 96.9 cm³/mol. The second-order valence-electron chi connectivity index (χ2n) is 6.05. The maximum Gasteiger partial charge on any atom is 0.319 e. The van der Waals surface area contributed by atoms with Gasteiger partial charge in [0.1, 0.15) is 17.4 Å². The van der Waals surface area contributed by atoms with Crippen LogP contribution in [0.1, 0.15) is 13.3 Å². The minimum Gasteiger partial charge on any atom is -0.494 e. The van der Waals surface area contributed by atoms with Gasteiger partial charge < -0.3 is 20.3 Å². The van der Waals surface area contributed by atoms with Gasteiger partial charge in [-0.3, -0.25) is 4.79 Å². The third kappa shape index (κ3) is 4.52. The number of carbonyl (C=O) groups is 2. The van der Waals surface area contributed by atoms with Crippen LogP contribution in [0.5, 0.6) is 5.75 Å². The second kappa shape index (κ2) is 8.03. The number of hydrogen-bond donors (Lipinski definition) is 2. The Hall–Kier alpha value is -3.16. The van der Waals surface area contributed by atoms with Gasteiger partial charge in [0.05, 0.1) is 18.3 Å². The average Bonchev–Trinajstić information content (AvgIpc) is 2.98. The molecule has 3 rings (SSSR count). The molecule has 0 aromatic heterocycles. The van der Waals surface area contributed by atoms with E-state index in [2.05, 4.69) is 10.6 Å². The fraction of sp³-hybridized carbons (Fsp3) is 0.263. The molecule has 142 valence electrons. The number of benzene rings is 2. The highest BCUT2D eigenvalue weighted by molar-refractivity contribution is 5.97. The Morgan fingerprint density at radius 2 is 1.96 bits per heavy atom. The molecule has 0 saturated carbocycles. The van der Waals surface area contributed by atoms with Crippen LogP contribution in [-0.2, 0) is 4.79 Å². The summed E-state index contributed by atoms with van der Waals surface area (Å²) < 4.78 is 31.9. The van der Waals surface area contributed by atoms with E-state index in [0.717, 1.165) is 12.1 Å². The lowest BCUT2D eigenvalue weighted by molar-refractivity contribution is -0.117. The molecule has 1 saturated heterocycles. The van der Waals surface area contributed by atoms with Crippen molar-refractivity contribution in [1.82, 2.24) is 5.32 Å². The Kier molecular flexibility index (Phi) is 5.54. The van der Waals surface area contributed by atoms with E-state index < -0.39 is 23.7 Å². The van der Waals surface area contributed by atoms with Gasteiger partial charge in [-0.1, -0.05) is 0 Å². The summed E-state index contributed by atoms with van der Waals surface area (Å²) in [6.45, 7) is 2.74. The van der Waals surface area contributed by atoms with Gasteiger partial charge in [-0.25, -0.2) is 13.6 Å². The van der Waals surface area contributed by atoms with Crippen molar-refractivity contribution in [3.05, 3.63) is 54.1 Å². The average molecular weight is 375 g/mol. The third-order valence-corrected chi connectivity index (χ3v) is 4.10. The van der Waals surface area contributed by atoms with Gasteiger partial charge in [0.2, 0.25) is 5.91 Å². The first-order valence-electron chi connectivity index (χ1n) is 8.52. The van der Waals surface area contributed by atoms with E-state index in [9.17, 15) is 18.4 Å². The van der Waals surface area contributed by atoms with Crippen molar-refractivity contribution in [3.8, 4) is 5.75 Å². The maximum atomic E-state index is 13.6. The molecular formula is C19H19F2N3O3. The number of nitrogens with zero attached hydrogens (tertiary/aromatic N) is 1. The Balaban J connectivity index is 1.59. The number of nitrogens with one attached hydrogen (secondary N) is 2. The zero-order valence-corrected chi connectivity index (χ0v) is 14.7. The molecule has 1 aliphatic rings. The summed E-state index contributed by atoms with van der Waals surface area (Å²) in [4.78, 5) is 25.9. The van der Waals surface area contributed by atoms with Crippen LogP contribution in [0, 0.1) is 11.6 Å². The van der Waals surface area contributed by atoms with Crippen molar-refractivity contribution < 1.29 is 23.1 Å². The lowest BCUT2D eigenvalue weighted by Gasteiger charge is -2.18. The normalized spacial score (nSPS) is 16.3. The molecule has 2 N–H and O–H groups in total. The SMILES string of the molecule is CCOc1ccc(N2C[C@@H](NC(=O)Nc3ccc(F)cc3F)CC2=O)cc1. The number of rotatable bonds is 5. The Bertz CT molecular complexity index is 843. The molecule has 0 radical (unpaired) electrons. The number of halogens is 2. The summed E-state index contributed by atoms with van der Waals surface area (Å²) in [7, 11) is 0. The standard InChI is InChI=1S/C19H19F2N3O3/c1-2-27-15-6-4-14(5-7-15)24-11-13(10-18(24)25)22-19(26)23-17-8-3-12(20)9-16(17)21/h3-9,13H,2,10-11H2,1H3,(H2,22,23,26)/t13-/m0/s1. The van der Waals surface area contributed by atoms with Crippen molar-refractivity contribution in [1.29, 1.82) is 0 Å². The molecule has 2 aromatic carbocycles. The van der Waals surface area contributed by atoms with Crippen LogP contribution in [0.4, 0.5) is 25.0 Å². The van der Waals surface area contributed by atoms with Crippen molar-refractivity contribution in [3.63, 3.8) is 0 Å². The molecule has 1 aliphatic heterocycles. The molecule has 2 aromatic rings. The zero-order valence-electron chi connectivity index (χ0n) is 14.7. The molecule has 1 heterocycles. The number of anilines is 2. The highest BCUT2D eigenvalue weighted by Crippen LogP contribution is 2.24. The topological polar surface area (TPSA) is 70.7 Å². The van der Waals surface area contributed by atoms with E-state index in [4.69, 9.17) is 4.74 Å². The van der Waals surface area contributed by atoms with Crippen LogP contribution in [0.25, 0.3) is 0 Å².